The third kappa shape index (κ3) is 4.03. The molecule has 0 saturated carbocycles. The Balaban J connectivity index is 2.10. The van der Waals surface area contributed by atoms with E-state index in [1.54, 1.807) is 18.2 Å². The first-order valence-electron chi connectivity index (χ1n) is 7.86. The summed E-state index contributed by atoms with van der Waals surface area (Å²) >= 11 is 0. The largest absolute Gasteiger partial charge is 0.351 e. The van der Waals surface area contributed by atoms with Gasteiger partial charge in [-0.2, -0.15) is 0 Å². The molecule has 24 heavy (non-hydrogen) atoms. The molecule has 0 aliphatic rings. The van der Waals surface area contributed by atoms with Crippen LogP contribution in [0.25, 0.3) is 0 Å². The van der Waals surface area contributed by atoms with Crippen LogP contribution >= 0.6 is 0 Å². The fourth-order valence-electron chi connectivity index (χ4n) is 2.27. The molecule has 0 aliphatic carbocycles. The van der Waals surface area contributed by atoms with Crippen molar-refractivity contribution in [1.82, 2.24) is 5.32 Å². The van der Waals surface area contributed by atoms with E-state index in [0.717, 1.165) is 22.3 Å². The van der Waals surface area contributed by atoms with Crippen LogP contribution in [0.5, 0.6) is 0 Å². The Labute approximate surface area is 143 Å². The van der Waals surface area contributed by atoms with E-state index in [9.17, 15) is 13.2 Å². The topological polar surface area (TPSA) is 63.2 Å². The Kier molecular flexibility index (Phi) is 5.44. The number of benzene rings is 2. The molecule has 1 N–H and O–H groups in total. The van der Waals surface area contributed by atoms with Crippen LogP contribution in [0.2, 0.25) is 0 Å². The van der Waals surface area contributed by atoms with Gasteiger partial charge in [-0.3, -0.25) is 4.79 Å². The molecule has 2 rings (SSSR count). The second-order valence-corrected chi connectivity index (χ2v) is 8.41. The van der Waals surface area contributed by atoms with Crippen LogP contribution in [0.3, 0.4) is 0 Å². The van der Waals surface area contributed by atoms with E-state index in [1.165, 1.54) is 6.92 Å². The number of amides is 1. The summed E-state index contributed by atoms with van der Waals surface area (Å²) in [6.07, 6.45) is 0. The van der Waals surface area contributed by atoms with Gasteiger partial charge >= 0.3 is 0 Å². The standard InChI is InChI=1S/C19H23NO3S/c1-13-5-8-17(9-6-13)12-20-19(21)16(4)24(22,23)18-10-7-14(2)15(3)11-18/h5-11,16H,12H2,1-4H3,(H,20,21). The van der Waals surface area contributed by atoms with Crippen LogP contribution in [-0.2, 0) is 21.2 Å². The van der Waals surface area contributed by atoms with Gasteiger partial charge in [-0.25, -0.2) is 8.42 Å². The van der Waals surface area contributed by atoms with Crippen molar-refractivity contribution in [2.45, 2.75) is 44.4 Å². The number of hydrogen-bond acceptors (Lipinski definition) is 3. The van der Waals surface area contributed by atoms with Crippen molar-refractivity contribution in [2.24, 2.45) is 0 Å². The van der Waals surface area contributed by atoms with Crippen molar-refractivity contribution < 1.29 is 13.2 Å². The number of sulfone groups is 1. The van der Waals surface area contributed by atoms with E-state index in [1.807, 2.05) is 45.0 Å². The molecule has 2 aromatic carbocycles. The zero-order valence-electron chi connectivity index (χ0n) is 14.5. The van der Waals surface area contributed by atoms with Gasteiger partial charge < -0.3 is 5.32 Å². The SMILES string of the molecule is Cc1ccc(CNC(=O)C(C)S(=O)(=O)c2ccc(C)c(C)c2)cc1. The number of carbonyl (C=O) groups is 1. The molecule has 0 saturated heterocycles. The van der Waals surface area contributed by atoms with E-state index in [2.05, 4.69) is 5.32 Å². The Morgan fingerprint density at radius 2 is 1.62 bits per heavy atom. The molecule has 0 aliphatic heterocycles. The summed E-state index contributed by atoms with van der Waals surface area (Å²) < 4.78 is 25.3. The lowest BCUT2D eigenvalue weighted by Crippen LogP contribution is -2.37. The van der Waals surface area contributed by atoms with Crippen LogP contribution in [0.1, 0.15) is 29.2 Å². The molecule has 0 radical (unpaired) electrons. The summed E-state index contributed by atoms with van der Waals surface area (Å²) in [6.45, 7) is 7.50. The van der Waals surface area contributed by atoms with Gasteiger partial charge in [0.25, 0.3) is 0 Å². The Bertz CT molecular complexity index is 839. The molecule has 128 valence electrons. The summed E-state index contributed by atoms with van der Waals surface area (Å²) in [7, 11) is -3.70. The lowest BCUT2D eigenvalue weighted by molar-refractivity contribution is -0.120. The van der Waals surface area contributed by atoms with Gasteiger partial charge in [0.05, 0.1) is 4.90 Å². The highest BCUT2D eigenvalue weighted by atomic mass is 32.2. The first-order chi connectivity index (χ1) is 11.2. The minimum Gasteiger partial charge on any atom is -0.351 e. The van der Waals surface area contributed by atoms with Crippen LogP contribution in [0.4, 0.5) is 0 Å². The zero-order chi connectivity index (χ0) is 17.9. The number of carbonyl (C=O) groups excluding carboxylic acids is 1. The van der Waals surface area contributed by atoms with E-state index in [-0.39, 0.29) is 4.90 Å². The zero-order valence-corrected chi connectivity index (χ0v) is 15.3. The second-order valence-electron chi connectivity index (χ2n) is 6.14. The summed E-state index contributed by atoms with van der Waals surface area (Å²) in [4.78, 5) is 12.4. The minimum atomic E-state index is -3.70. The lowest BCUT2D eigenvalue weighted by Gasteiger charge is -2.14. The highest BCUT2D eigenvalue weighted by Crippen LogP contribution is 2.19. The lowest BCUT2D eigenvalue weighted by atomic mass is 10.1. The van der Waals surface area contributed by atoms with Crippen molar-refractivity contribution in [3.05, 3.63) is 64.7 Å². The summed E-state index contributed by atoms with van der Waals surface area (Å²) in [5, 5.41) is 1.57. The molecular formula is C19H23NO3S. The Morgan fingerprint density at radius 3 is 2.21 bits per heavy atom. The molecule has 0 heterocycles. The molecule has 0 fully saturated rings. The average Bonchev–Trinajstić information content (AvgIpc) is 2.55. The fraction of sp³-hybridized carbons (Fsp3) is 0.316. The molecule has 1 unspecified atom stereocenters. The molecule has 0 aromatic heterocycles. The van der Waals surface area contributed by atoms with Crippen molar-refractivity contribution in [2.75, 3.05) is 0 Å². The average molecular weight is 345 g/mol. The number of aryl methyl sites for hydroxylation is 3. The molecule has 4 nitrogen and oxygen atoms in total. The van der Waals surface area contributed by atoms with Crippen LogP contribution in [0.15, 0.2) is 47.4 Å². The van der Waals surface area contributed by atoms with Crippen molar-refractivity contribution >= 4 is 15.7 Å². The third-order valence-electron chi connectivity index (χ3n) is 4.23. The maximum atomic E-state index is 12.6. The number of rotatable bonds is 5. The van der Waals surface area contributed by atoms with Gasteiger partial charge in [0, 0.05) is 6.54 Å². The van der Waals surface area contributed by atoms with E-state index >= 15 is 0 Å². The van der Waals surface area contributed by atoms with Crippen molar-refractivity contribution in [3.8, 4) is 0 Å². The number of hydrogen-bond donors (Lipinski definition) is 1. The first-order valence-corrected chi connectivity index (χ1v) is 9.41. The summed E-state index contributed by atoms with van der Waals surface area (Å²) in [6, 6.07) is 12.7. The minimum absolute atomic E-state index is 0.184. The van der Waals surface area contributed by atoms with Crippen LogP contribution in [0, 0.1) is 20.8 Å². The van der Waals surface area contributed by atoms with Gasteiger partial charge in [0.2, 0.25) is 5.91 Å². The number of nitrogens with one attached hydrogen (secondary N) is 1. The Morgan fingerprint density at radius 1 is 1.00 bits per heavy atom. The molecule has 2 aromatic rings. The maximum absolute atomic E-state index is 12.6. The quantitative estimate of drug-likeness (QED) is 0.906. The normalized spacial score (nSPS) is 12.7. The van der Waals surface area contributed by atoms with E-state index < -0.39 is 21.0 Å². The molecule has 5 heteroatoms. The monoisotopic (exact) mass is 345 g/mol. The fourth-order valence-corrected chi connectivity index (χ4v) is 3.65. The molecule has 0 spiro atoms. The smallest absolute Gasteiger partial charge is 0.238 e. The van der Waals surface area contributed by atoms with Gasteiger partial charge in [-0.05, 0) is 56.5 Å². The van der Waals surface area contributed by atoms with Crippen molar-refractivity contribution in [3.63, 3.8) is 0 Å². The van der Waals surface area contributed by atoms with Crippen molar-refractivity contribution in [1.29, 1.82) is 0 Å². The Hall–Kier alpha value is -2.14. The first kappa shape index (κ1) is 18.2. The highest BCUT2D eigenvalue weighted by molar-refractivity contribution is 7.92. The maximum Gasteiger partial charge on any atom is 0.238 e. The molecule has 0 bridgehead atoms. The van der Waals surface area contributed by atoms with E-state index in [0.29, 0.717) is 6.54 Å². The summed E-state index contributed by atoms with van der Waals surface area (Å²) in [5.74, 6) is -0.492. The highest BCUT2D eigenvalue weighted by Gasteiger charge is 2.29. The van der Waals surface area contributed by atoms with Crippen LogP contribution < -0.4 is 5.32 Å². The summed E-state index contributed by atoms with van der Waals surface area (Å²) in [5.41, 5.74) is 3.98. The molecule has 1 amide bonds. The predicted octanol–water partition coefficient (Wildman–Crippen LogP) is 3.09. The predicted molar refractivity (Wildman–Crippen MR) is 95.6 cm³/mol. The molecular weight excluding hydrogens is 322 g/mol. The van der Waals surface area contributed by atoms with Gasteiger partial charge in [-0.15, -0.1) is 0 Å². The third-order valence-corrected chi connectivity index (χ3v) is 6.28. The van der Waals surface area contributed by atoms with Gasteiger partial charge in [0.15, 0.2) is 9.84 Å². The van der Waals surface area contributed by atoms with E-state index in [4.69, 9.17) is 0 Å². The van der Waals surface area contributed by atoms with Crippen LogP contribution in [-0.4, -0.2) is 19.6 Å². The second kappa shape index (κ2) is 7.18. The van der Waals surface area contributed by atoms with Gasteiger partial charge in [0.1, 0.15) is 5.25 Å². The molecule has 1 atom stereocenters. The van der Waals surface area contributed by atoms with Gasteiger partial charge in [-0.1, -0.05) is 35.9 Å².